The topological polar surface area (TPSA) is 47.9 Å². The van der Waals surface area contributed by atoms with Crippen molar-refractivity contribution >= 4 is 0 Å². The van der Waals surface area contributed by atoms with E-state index in [-0.39, 0.29) is 16.6 Å². The highest BCUT2D eigenvalue weighted by Gasteiger charge is 2.24. The van der Waals surface area contributed by atoms with Crippen molar-refractivity contribution in [3.8, 4) is 23.0 Å². The van der Waals surface area contributed by atoms with Gasteiger partial charge < -0.3 is 19.3 Å². The Morgan fingerprint density at radius 3 is 0.930 bits per heavy atom. The van der Waals surface area contributed by atoms with E-state index in [1.807, 2.05) is 48.5 Å². The minimum Gasteiger partial charge on any atom is -0.508 e. The summed E-state index contributed by atoms with van der Waals surface area (Å²) < 4.78 is 16.6. The molecule has 4 aromatic rings. The van der Waals surface area contributed by atoms with E-state index >= 15 is 0 Å². The third-order valence-electron chi connectivity index (χ3n) is 7.42. The number of ether oxygens (including phenoxy) is 3. The first-order chi connectivity index (χ1) is 20.6. The van der Waals surface area contributed by atoms with Gasteiger partial charge in [0.05, 0.1) is 0 Å². The molecule has 4 aromatic carbocycles. The van der Waals surface area contributed by atoms with Crippen LogP contribution in [0.15, 0.2) is 135 Å². The van der Waals surface area contributed by atoms with Crippen LogP contribution in [-0.4, -0.2) is 24.9 Å². The predicted molar refractivity (Wildman–Crippen MR) is 179 cm³/mol. The summed E-state index contributed by atoms with van der Waals surface area (Å²) in [4.78, 5) is 0. The van der Waals surface area contributed by atoms with Gasteiger partial charge in [-0.2, -0.15) is 0 Å². The third-order valence-corrected chi connectivity index (χ3v) is 7.42. The molecule has 224 valence electrons. The number of benzene rings is 4. The maximum Gasteiger partial charge on any atom is 0.119 e. The number of aromatic hydroxyl groups is 1. The molecule has 0 fully saturated rings. The maximum atomic E-state index is 9.39. The first-order valence-corrected chi connectivity index (χ1v) is 14.4. The molecule has 43 heavy (non-hydrogen) atoms. The van der Waals surface area contributed by atoms with Crippen LogP contribution in [0.1, 0.15) is 49.9 Å². The summed E-state index contributed by atoms with van der Waals surface area (Å²) in [5.41, 5.74) is 4.63. The summed E-state index contributed by atoms with van der Waals surface area (Å²) in [5, 5.41) is 9.39. The molecular weight excluding hydrogens is 532 g/mol. The first-order valence-electron chi connectivity index (χ1n) is 14.4. The lowest BCUT2D eigenvalue weighted by atomic mass is 9.78. The van der Waals surface area contributed by atoms with E-state index in [1.165, 1.54) is 16.7 Å². The number of phenols is 1. The van der Waals surface area contributed by atoms with Gasteiger partial charge in [-0.15, -0.1) is 0 Å². The number of hydrogen-bond acceptors (Lipinski definition) is 4. The Morgan fingerprint density at radius 2 is 0.698 bits per heavy atom. The van der Waals surface area contributed by atoms with Crippen LogP contribution in [0, 0.1) is 0 Å². The second-order valence-electron chi connectivity index (χ2n) is 11.2. The van der Waals surface area contributed by atoms with Crippen LogP contribution < -0.4 is 14.2 Å². The Kier molecular flexibility index (Phi) is 11.8. The van der Waals surface area contributed by atoms with Crippen molar-refractivity contribution in [2.24, 2.45) is 0 Å². The summed E-state index contributed by atoms with van der Waals surface area (Å²) in [6, 6.07) is 31.9. The SMILES string of the molecule is C=CCOc1ccc(C(C)(C)c2ccc(O)cc2)cc1.C=CCOc1ccc(C(C)(C)c2ccc(OCC=C)cc2)cc1. The first kappa shape index (κ1) is 32.8. The number of phenolic OH excluding ortho intramolecular Hbond substituents is 1. The Morgan fingerprint density at radius 1 is 0.465 bits per heavy atom. The zero-order valence-corrected chi connectivity index (χ0v) is 25.9. The Hall–Kier alpha value is -4.70. The van der Waals surface area contributed by atoms with Crippen LogP contribution in [0.4, 0.5) is 0 Å². The molecule has 0 amide bonds. The predicted octanol–water partition coefficient (Wildman–Crippen LogP) is 9.43. The summed E-state index contributed by atoms with van der Waals surface area (Å²) in [5.74, 6) is 2.85. The molecule has 0 atom stereocenters. The van der Waals surface area contributed by atoms with Crippen molar-refractivity contribution in [1.82, 2.24) is 0 Å². The third kappa shape index (κ3) is 9.14. The van der Waals surface area contributed by atoms with Gasteiger partial charge in [-0.1, -0.05) is 114 Å². The van der Waals surface area contributed by atoms with E-state index in [0.717, 1.165) is 22.8 Å². The lowest BCUT2D eigenvalue weighted by Crippen LogP contribution is -2.18. The van der Waals surface area contributed by atoms with Gasteiger partial charge in [-0.05, 0) is 70.8 Å². The molecule has 0 aliphatic carbocycles. The summed E-state index contributed by atoms with van der Waals surface area (Å²) >= 11 is 0. The van der Waals surface area contributed by atoms with Gasteiger partial charge in [0, 0.05) is 10.8 Å². The minimum absolute atomic E-state index is 0.0894. The van der Waals surface area contributed by atoms with Crippen LogP contribution in [-0.2, 0) is 10.8 Å². The molecule has 1 N–H and O–H groups in total. The lowest BCUT2D eigenvalue weighted by molar-refractivity contribution is 0.362. The van der Waals surface area contributed by atoms with Gasteiger partial charge in [0.15, 0.2) is 0 Å². The molecule has 4 rings (SSSR count). The van der Waals surface area contributed by atoms with Crippen molar-refractivity contribution in [2.45, 2.75) is 38.5 Å². The smallest absolute Gasteiger partial charge is 0.119 e. The minimum atomic E-state index is -0.120. The average molecular weight is 577 g/mol. The standard InChI is InChI=1S/C21H24O2.C18H20O2/c1-5-15-22-19-11-7-17(8-12-19)21(3,4)18-9-13-20(14-10-18)23-16-6-2;1-4-13-20-17-11-7-15(8-12-17)18(2,3)14-5-9-16(19)10-6-14/h5-14H,1-2,15-16H2,3-4H3;4-12,19H,1,13H2,2-3H3. The molecule has 0 bridgehead atoms. The molecular formula is C39H44O4. The van der Waals surface area contributed by atoms with Crippen molar-refractivity contribution in [3.63, 3.8) is 0 Å². The fraction of sp³-hybridized carbons (Fsp3) is 0.231. The molecule has 0 saturated heterocycles. The van der Waals surface area contributed by atoms with E-state index in [1.54, 1.807) is 30.4 Å². The Balaban J connectivity index is 0.000000238. The van der Waals surface area contributed by atoms with Crippen LogP contribution in [0.3, 0.4) is 0 Å². The van der Waals surface area contributed by atoms with E-state index < -0.39 is 0 Å². The fourth-order valence-electron chi connectivity index (χ4n) is 4.58. The second-order valence-corrected chi connectivity index (χ2v) is 11.2. The van der Waals surface area contributed by atoms with Crippen molar-refractivity contribution in [1.29, 1.82) is 0 Å². The lowest BCUT2D eigenvalue weighted by Gasteiger charge is -2.26. The van der Waals surface area contributed by atoms with Crippen LogP contribution in [0.5, 0.6) is 23.0 Å². The highest BCUT2D eigenvalue weighted by atomic mass is 16.5. The largest absolute Gasteiger partial charge is 0.508 e. The van der Waals surface area contributed by atoms with E-state index in [9.17, 15) is 5.11 Å². The molecule has 0 heterocycles. The van der Waals surface area contributed by atoms with Gasteiger partial charge in [0.25, 0.3) is 0 Å². The Bertz CT molecular complexity index is 1370. The number of rotatable bonds is 13. The normalized spacial score (nSPS) is 11.0. The monoisotopic (exact) mass is 576 g/mol. The van der Waals surface area contributed by atoms with Gasteiger partial charge in [0.2, 0.25) is 0 Å². The highest BCUT2D eigenvalue weighted by Crippen LogP contribution is 2.34. The molecule has 0 aliphatic heterocycles. The van der Waals surface area contributed by atoms with E-state index in [4.69, 9.17) is 14.2 Å². The van der Waals surface area contributed by atoms with Gasteiger partial charge in [0.1, 0.15) is 42.8 Å². The molecule has 0 saturated carbocycles. The van der Waals surface area contributed by atoms with Crippen LogP contribution >= 0.6 is 0 Å². The summed E-state index contributed by atoms with van der Waals surface area (Å²) in [7, 11) is 0. The highest BCUT2D eigenvalue weighted by molar-refractivity contribution is 5.43. The Labute approximate surface area is 257 Å². The molecule has 0 aliphatic rings. The summed E-state index contributed by atoms with van der Waals surface area (Å²) in [6.07, 6.45) is 5.22. The molecule has 0 radical (unpaired) electrons. The zero-order chi connectivity index (χ0) is 31.3. The van der Waals surface area contributed by atoms with Crippen LogP contribution in [0.2, 0.25) is 0 Å². The molecule has 0 spiro atoms. The zero-order valence-electron chi connectivity index (χ0n) is 25.9. The average Bonchev–Trinajstić information content (AvgIpc) is 3.03. The van der Waals surface area contributed by atoms with E-state index in [0.29, 0.717) is 19.8 Å². The summed E-state index contributed by atoms with van der Waals surface area (Å²) in [6.45, 7) is 21.3. The maximum absolute atomic E-state index is 9.39. The molecule has 0 aromatic heterocycles. The van der Waals surface area contributed by atoms with Crippen molar-refractivity contribution < 1.29 is 19.3 Å². The second kappa shape index (κ2) is 15.5. The van der Waals surface area contributed by atoms with Gasteiger partial charge >= 0.3 is 0 Å². The molecule has 0 unspecified atom stereocenters. The van der Waals surface area contributed by atoms with E-state index in [2.05, 4.69) is 83.8 Å². The molecule has 4 nitrogen and oxygen atoms in total. The number of hydrogen-bond donors (Lipinski definition) is 1. The van der Waals surface area contributed by atoms with Crippen molar-refractivity contribution in [2.75, 3.05) is 19.8 Å². The van der Waals surface area contributed by atoms with Gasteiger partial charge in [-0.25, -0.2) is 0 Å². The fourth-order valence-corrected chi connectivity index (χ4v) is 4.58. The molecule has 4 heteroatoms. The quantitative estimate of drug-likeness (QED) is 0.161. The van der Waals surface area contributed by atoms with Gasteiger partial charge in [-0.3, -0.25) is 0 Å². The van der Waals surface area contributed by atoms with Crippen molar-refractivity contribution in [3.05, 3.63) is 157 Å². The van der Waals surface area contributed by atoms with Crippen LogP contribution in [0.25, 0.3) is 0 Å².